The second-order valence-corrected chi connectivity index (χ2v) is 6.32. The van der Waals surface area contributed by atoms with Gasteiger partial charge in [0, 0.05) is 30.5 Å². The Balaban J connectivity index is 1.68. The van der Waals surface area contributed by atoms with Crippen LogP contribution in [0.15, 0.2) is 0 Å². The van der Waals surface area contributed by atoms with Crippen LogP contribution in [0, 0.1) is 5.92 Å². The third-order valence-corrected chi connectivity index (χ3v) is 4.23. The van der Waals surface area contributed by atoms with E-state index in [1.54, 1.807) is 0 Å². The lowest BCUT2D eigenvalue weighted by atomic mass is 9.99. The molecule has 0 radical (unpaired) electrons. The van der Waals surface area contributed by atoms with Gasteiger partial charge in [0.25, 0.3) is 0 Å². The number of nitrogens with one attached hydrogen (secondary N) is 1. The van der Waals surface area contributed by atoms with Crippen molar-refractivity contribution in [1.29, 1.82) is 0 Å². The predicted octanol–water partition coefficient (Wildman–Crippen LogP) is 2.81. The Morgan fingerprint density at radius 3 is 2.72 bits per heavy atom. The first-order chi connectivity index (χ1) is 8.65. The molecule has 5 heteroatoms. The van der Waals surface area contributed by atoms with E-state index in [-0.39, 0.29) is 0 Å². The summed E-state index contributed by atoms with van der Waals surface area (Å²) in [6.45, 7) is 11.2. The molecule has 2 rings (SSSR count). The van der Waals surface area contributed by atoms with Crippen LogP contribution in [0.5, 0.6) is 0 Å². The molecule has 4 nitrogen and oxygen atoms in total. The van der Waals surface area contributed by atoms with Gasteiger partial charge in [-0.2, -0.15) is 4.37 Å². The summed E-state index contributed by atoms with van der Waals surface area (Å²) in [4.78, 5) is 7.02. The van der Waals surface area contributed by atoms with Crippen molar-refractivity contribution in [3.63, 3.8) is 0 Å². The molecule has 1 N–H and O–H groups in total. The third-order valence-electron chi connectivity index (χ3n) is 3.54. The third kappa shape index (κ3) is 3.92. The van der Waals surface area contributed by atoms with Gasteiger partial charge < -0.3 is 10.2 Å². The fourth-order valence-electron chi connectivity index (χ4n) is 2.15. The molecule has 1 fully saturated rings. The number of likely N-dealkylation sites (tertiary alicyclic amines) is 1. The molecule has 0 saturated carbocycles. The van der Waals surface area contributed by atoms with Gasteiger partial charge in [-0.25, -0.2) is 4.98 Å². The monoisotopic (exact) mass is 268 g/mol. The van der Waals surface area contributed by atoms with Crippen molar-refractivity contribution in [3.05, 3.63) is 5.82 Å². The smallest absolute Gasteiger partial charge is 0.202 e. The maximum absolute atomic E-state index is 4.48. The van der Waals surface area contributed by atoms with E-state index in [2.05, 4.69) is 40.3 Å². The summed E-state index contributed by atoms with van der Waals surface area (Å²) in [6.07, 6.45) is 2.69. The van der Waals surface area contributed by atoms with E-state index in [0.29, 0.717) is 5.92 Å². The van der Waals surface area contributed by atoms with Crippen molar-refractivity contribution >= 4 is 16.7 Å². The molecule has 1 saturated heterocycles. The molecule has 2 heterocycles. The lowest BCUT2D eigenvalue weighted by molar-refractivity contribution is 0.199. The van der Waals surface area contributed by atoms with E-state index in [9.17, 15) is 0 Å². The van der Waals surface area contributed by atoms with Gasteiger partial charge in [-0.15, -0.1) is 0 Å². The molecule has 0 aliphatic carbocycles. The Bertz CT molecular complexity index is 356. The average Bonchev–Trinajstić information content (AvgIpc) is 2.81. The number of hydrogen-bond acceptors (Lipinski definition) is 5. The van der Waals surface area contributed by atoms with E-state index in [1.807, 2.05) is 0 Å². The molecule has 18 heavy (non-hydrogen) atoms. The highest BCUT2D eigenvalue weighted by molar-refractivity contribution is 7.09. The molecule has 1 aliphatic rings. The average molecular weight is 268 g/mol. The van der Waals surface area contributed by atoms with Crippen molar-refractivity contribution in [2.45, 2.75) is 39.5 Å². The number of rotatable bonds is 5. The van der Waals surface area contributed by atoms with E-state index >= 15 is 0 Å². The Kier molecular flexibility index (Phi) is 4.95. The zero-order chi connectivity index (χ0) is 13.0. The fourth-order valence-corrected chi connectivity index (χ4v) is 2.88. The van der Waals surface area contributed by atoms with Crippen molar-refractivity contribution < 1.29 is 0 Å². The lowest BCUT2D eigenvalue weighted by Crippen LogP contribution is -2.36. The number of anilines is 1. The maximum Gasteiger partial charge on any atom is 0.202 e. The molecule has 0 amide bonds. The minimum Gasteiger partial charge on any atom is -0.359 e. The lowest BCUT2D eigenvalue weighted by Gasteiger charge is -2.30. The summed E-state index contributed by atoms with van der Waals surface area (Å²) >= 11 is 1.47. The second kappa shape index (κ2) is 6.48. The van der Waals surface area contributed by atoms with Crippen LogP contribution in [0.3, 0.4) is 0 Å². The standard InChI is InChI=1S/C13H24N4S/c1-10(2)12-15-13(18-16-12)14-6-9-17-7-4-11(3)5-8-17/h10-11H,4-9H2,1-3H3,(H,14,15,16). The Morgan fingerprint density at radius 2 is 2.11 bits per heavy atom. The summed E-state index contributed by atoms with van der Waals surface area (Å²) in [5.41, 5.74) is 0. The molecule has 0 bridgehead atoms. The Morgan fingerprint density at radius 1 is 1.39 bits per heavy atom. The topological polar surface area (TPSA) is 41.0 Å². The van der Waals surface area contributed by atoms with E-state index in [1.165, 1.54) is 37.5 Å². The SMILES string of the molecule is CC1CCN(CCNc2nc(C(C)C)ns2)CC1. The molecular formula is C13H24N4S. The van der Waals surface area contributed by atoms with E-state index in [0.717, 1.165) is 30.0 Å². The Labute approximate surface area is 114 Å². The molecular weight excluding hydrogens is 244 g/mol. The van der Waals surface area contributed by atoms with Gasteiger partial charge in [0.05, 0.1) is 0 Å². The number of piperidine rings is 1. The maximum atomic E-state index is 4.48. The quantitative estimate of drug-likeness (QED) is 0.891. The molecule has 1 aliphatic heterocycles. The van der Waals surface area contributed by atoms with Crippen molar-refractivity contribution in [3.8, 4) is 0 Å². The zero-order valence-corrected chi connectivity index (χ0v) is 12.5. The Hall–Kier alpha value is -0.680. The van der Waals surface area contributed by atoms with Crippen molar-refractivity contribution in [1.82, 2.24) is 14.3 Å². The first kappa shape index (κ1) is 13.7. The van der Waals surface area contributed by atoms with Crippen LogP contribution < -0.4 is 5.32 Å². The fraction of sp³-hybridized carbons (Fsp3) is 0.846. The summed E-state index contributed by atoms with van der Waals surface area (Å²) in [5.74, 6) is 2.28. The van der Waals surface area contributed by atoms with E-state index in [4.69, 9.17) is 0 Å². The van der Waals surface area contributed by atoms with Gasteiger partial charge in [0.1, 0.15) is 5.82 Å². The highest BCUT2D eigenvalue weighted by atomic mass is 32.1. The predicted molar refractivity (Wildman–Crippen MR) is 77.3 cm³/mol. The van der Waals surface area contributed by atoms with Crippen LogP contribution in [-0.4, -0.2) is 40.4 Å². The van der Waals surface area contributed by atoms with Crippen LogP contribution in [0.1, 0.15) is 45.4 Å². The van der Waals surface area contributed by atoms with Crippen LogP contribution >= 0.6 is 11.5 Å². The molecule has 0 unspecified atom stereocenters. The van der Waals surface area contributed by atoms with Crippen LogP contribution in [0.4, 0.5) is 5.13 Å². The van der Waals surface area contributed by atoms with E-state index < -0.39 is 0 Å². The minimum absolute atomic E-state index is 0.417. The van der Waals surface area contributed by atoms with Gasteiger partial charge in [-0.05, 0) is 31.8 Å². The summed E-state index contributed by atoms with van der Waals surface area (Å²) in [5, 5.41) is 4.34. The highest BCUT2D eigenvalue weighted by Gasteiger charge is 2.15. The first-order valence-electron chi connectivity index (χ1n) is 6.95. The van der Waals surface area contributed by atoms with Gasteiger partial charge in [0.2, 0.25) is 5.13 Å². The van der Waals surface area contributed by atoms with Crippen molar-refractivity contribution in [2.75, 3.05) is 31.5 Å². The molecule has 0 spiro atoms. The van der Waals surface area contributed by atoms with Crippen LogP contribution in [0.2, 0.25) is 0 Å². The zero-order valence-electron chi connectivity index (χ0n) is 11.6. The summed E-state index contributed by atoms with van der Waals surface area (Å²) in [6, 6.07) is 0. The molecule has 0 aromatic carbocycles. The van der Waals surface area contributed by atoms with Gasteiger partial charge in [-0.1, -0.05) is 20.8 Å². The molecule has 1 aromatic heterocycles. The van der Waals surface area contributed by atoms with Crippen molar-refractivity contribution in [2.24, 2.45) is 5.92 Å². The summed E-state index contributed by atoms with van der Waals surface area (Å²) in [7, 11) is 0. The van der Waals surface area contributed by atoms with Gasteiger partial charge >= 0.3 is 0 Å². The second-order valence-electron chi connectivity index (χ2n) is 5.56. The van der Waals surface area contributed by atoms with Gasteiger partial charge in [0.15, 0.2) is 0 Å². The molecule has 0 atom stereocenters. The largest absolute Gasteiger partial charge is 0.359 e. The molecule has 1 aromatic rings. The number of nitrogens with zero attached hydrogens (tertiary/aromatic N) is 3. The number of hydrogen-bond donors (Lipinski definition) is 1. The van der Waals surface area contributed by atoms with Crippen LogP contribution in [0.25, 0.3) is 0 Å². The van der Waals surface area contributed by atoms with Gasteiger partial charge in [-0.3, -0.25) is 0 Å². The first-order valence-corrected chi connectivity index (χ1v) is 7.72. The minimum atomic E-state index is 0.417. The van der Waals surface area contributed by atoms with Crippen LogP contribution in [-0.2, 0) is 0 Å². The normalized spacial score (nSPS) is 18.4. The number of aromatic nitrogens is 2. The highest BCUT2D eigenvalue weighted by Crippen LogP contribution is 2.18. The summed E-state index contributed by atoms with van der Waals surface area (Å²) < 4.78 is 4.35. The molecule has 102 valence electrons.